The number of aromatic nitrogens is 6. The molecule has 0 unspecified atom stereocenters. The second-order valence-corrected chi connectivity index (χ2v) is 6.09. The van der Waals surface area contributed by atoms with Gasteiger partial charge < -0.3 is 10.7 Å². The summed E-state index contributed by atoms with van der Waals surface area (Å²) in [5.41, 5.74) is 9.47. The van der Waals surface area contributed by atoms with Crippen LogP contribution in [0.3, 0.4) is 0 Å². The number of benzene rings is 1. The molecule has 0 fully saturated rings. The zero-order valence-electron chi connectivity index (χ0n) is 13.7. The molecule has 0 saturated carbocycles. The molecule has 0 bridgehead atoms. The van der Waals surface area contributed by atoms with E-state index in [4.69, 9.17) is 5.73 Å². The summed E-state index contributed by atoms with van der Waals surface area (Å²) in [6, 6.07) is 6.47. The number of fused-ring (bicyclic) bond motifs is 2. The average Bonchev–Trinajstić information content (AvgIpc) is 3.36. The first-order valence-electron chi connectivity index (χ1n) is 8.06. The summed E-state index contributed by atoms with van der Waals surface area (Å²) in [6.45, 7) is 0. The van der Waals surface area contributed by atoms with E-state index >= 15 is 0 Å². The number of hydrogen-bond donors (Lipinski definition) is 4. The lowest BCUT2D eigenvalue weighted by Gasteiger charge is -2.11. The summed E-state index contributed by atoms with van der Waals surface area (Å²) >= 11 is 0. The van der Waals surface area contributed by atoms with Crippen molar-refractivity contribution in [3.8, 4) is 22.4 Å². The standard InChI is InChI=1S/C18H12FN7O/c19-11-2-1-9(10-7-23-26-16(10)11)14-15(20)18(27)24-13-5-8(6-21-17(13)14)12-3-4-22-25-12/h1-7H,20H2,(H,22,25)(H,23,26)(H,24,27). The third-order valence-corrected chi connectivity index (χ3v) is 4.53. The van der Waals surface area contributed by atoms with Crippen molar-refractivity contribution in [3.63, 3.8) is 0 Å². The number of halogens is 1. The first-order chi connectivity index (χ1) is 13.1. The maximum atomic E-state index is 14.0. The highest BCUT2D eigenvalue weighted by atomic mass is 19.1. The fourth-order valence-corrected chi connectivity index (χ4v) is 3.25. The Morgan fingerprint density at radius 3 is 2.78 bits per heavy atom. The molecule has 132 valence electrons. The number of aromatic amines is 3. The van der Waals surface area contributed by atoms with Gasteiger partial charge >= 0.3 is 0 Å². The van der Waals surface area contributed by atoms with E-state index in [1.54, 1.807) is 30.6 Å². The molecular formula is C18H12FN7O. The Morgan fingerprint density at radius 2 is 1.96 bits per heavy atom. The van der Waals surface area contributed by atoms with E-state index in [1.165, 1.54) is 12.3 Å². The number of anilines is 1. The number of nitrogens with two attached hydrogens (primary N) is 1. The summed E-state index contributed by atoms with van der Waals surface area (Å²) < 4.78 is 14.0. The predicted molar refractivity (Wildman–Crippen MR) is 99.4 cm³/mol. The van der Waals surface area contributed by atoms with Crippen LogP contribution in [0.15, 0.2) is 47.7 Å². The van der Waals surface area contributed by atoms with E-state index in [0.717, 1.165) is 11.3 Å². The van der Waals surface area contributed by atoms with E-state index < -0.39 is 11.4 Å². The largest absolute Gasteiger partial charge is 0.394 e. The van der Waals surface area contributed by atoms with Gasteiger partial charge in [-0.05, 0) is 23.8 Å². The van der Waals surface area contributed by atoms with Crippen molar-refractivity contribution in [1.29, 1.82) is 0 Å². The molecule has 0 radical (unpaired) electrons. The van der Waals surface area contributed by atoms with E-state index in [9.17, 15) is 9.18 Å². The molecule has 4 heterocycles. The van der Waals surface area contributed by atoms with Gasteiger partial charge in [0, 0.05) is 28.9 Å². The van der Waals surface area contributed by atoms with Crippen LogP contribution in [0, 0.1) is 5.82 Å². The summed E-state index contributed by atoms with van der Waals surface area (Å²) in [5, 5.41) is 13.8. The normalized spacial score (nSPS) is 11.4. The second kappa shape index (κ2) is 5.49. The molecule has 0 saturated heterocycles. The number of nitrogens with one attached hydrogen (secondary N) is 3. The molecule has 0 amide bonds. The Kier molecular flexibility index (Phi) is 3.11. The lowest BCUT2D eigenvalue weighted by atomic mass is 9.99. The van der Waals surface area contributed by atoms with Crippen molar-refractivity contribution < 1.29 is 4.39 Å². The number of nitrogen functional groups attached to an aromatic ring is 1. The molecule has 0 spiro atoms. The molecule has 9 heteroatoms. The Hall–Kier alpha value is -4.01. The van der Waals surface area contributed by atoms with Gasteiger partial charge in [0.05, 0.1) is 22.9 Å². The van der Waals surface area contributed by atoms with Gasteiger partial charge in [-0.15, -0.1) is 0 Å². The molecule has 4 aromatic heterocycles. The molecule has 0 aliphatic carbocycles. The van der Waals surface area contributed by atoms with Crippen molar-refractivity contribution in [2.45, 2.75) is 0 Å². The quantitative estimate of drug-likeness (QED) is 0.384. The Bertz CT molecular complexity index is 1370. The minimum Gasteiger partial charge on any atom is -0.394 e. The molecule has 5 N–H and O–H groups in total. The predicted octanol–water partition coefficient (Wildman–Crippen LogP) is 2.58. The van der Waals surface area contributed by atoms with Crippen LogP contribution < -0.4 is 11.3 Å². The first-order valence-corrected chi connectivity index (χ1v) is 8.06. The van der Waals surface area contributed by atoms with E-state index in [-0.39, 0.29) is 11.2 Å². The van der Waals surface area contributed by atoms with Crippen LogP contribution in [0.1, 0.15) is 0 Å². The smallest absolute Gasteiger partial charge is 0.272 e. The highest BCUT2D eigenvalue weighted by Crippen LogP contribution is 2.35. The van der Waals surface area contributed by atoms with Gasteiger partial charge in [0.15, 0.2) is 0 Å². The Balaban J connectivity index is 1.86. The van der Waals surface area contributed by atoms with Gasteiger partial charge in [0.25, 0.3) is 5.56 Å². The van der Waals surface area contributed by atoms with Crippen LogP contribution in [0.4, 0.5) is 10.1 Å². The van der Waals surface area contributed by atoms with Gasteiger partial charge in [-0.2, -0.15) is 10.2 Å². The van der Waals surface area contributed by atoms with Crippen LogP contribution in [-0.4, -0.2) is 30.4 Å². The molecule has 5 aromatic rings. The maximum Gasteiger partial charge on any atom is 0.272 e. The zero-order chi connectivity index (χ0) is 18.5. The van der Waals surface area contributed by atoms with Crippen molar-refractivity contribution in [3.05, 3.63) is 59.0 Å². The fraction of sp³-hybridized carbons (Fsp3) is 0. The minimum absolute atomic E-state index is 0.0124. The zero-order valence-corrected chi connectivity index (χ0v) is 13.7. The lowest BCUT2D eigenvalue weighted by molar-refractivity contribution is 0.636. The topological polar surface area (TPSA) is 129 Å². The first kappa shape index (κ1) is 15.3. The van der Waals surface area contributed by atoms with Gasteiger partial charge in [0.1, 0.15) is 17.0 Å². The van der Waals surface area contributed by atoms with E-state index in [2.05, 4.69) is 30.4 Å². The lowest BCUT2D eigenvalue weighted by Crippen LogP contribution is -2.14. The number of nitrogens with zero attached hydrogens (tertiary/aromatic N) is 3. The third kappa shape index (κ3) is 2.21. The molecule has 8 nitrogen and oxygen atoms in total. The molecule has 1 aromatic carbocycles. The van der Waals surface area contributed by atoms with Gasteiger partial charge in [0.2, 0.25) is 0 Å². The van der Waals surface area contributed by atoms with Crippen molar-refractivity contribution in [1.82, 2.24) is 30.4 Å². The average molecular weight is 361 g/mol. The molecule has 5 rings (SSSR count). The fourth-order valence-electron chi connectivity index (χ4n) is 3.25. The maximum absolute atomic E-state index is 14.0. The minimum atomic E-state index is -0.443. The summed E-state index contributed by atoms with van der Waals surface area (Å²) in [7, 11) is 0. The van der Waals surface area contributed by atoms with Crippen molar-refractivity contribution >= 4 is 27.6 Å². The van der Waals surface area contributed by atoms with Crippen molar-refractivity contribution in [2.24, 2.45) is 0 Å². The third-order valence-electron chi connectivity index (χ3n) is 4.53. The number of pyridine rings is 2. The summed E-state index contributed by atoms with van der Waals surface area (Å²) in [6.07, 6.45) is 4.79. The van der Waals surface area contributed by atoms with Crippen LogP contribution in [0.25, 0.3) is 44.3 Å². The Morgan fingerprint density at radius 1 is 1.07 bits per heavy atom. The Labute approximate surface area is 150 Å². The van der Waals surface area contributed by atoms with Gasteiger partial charge in [-0.25, -0.2) is 4.39 Å². The SMILES string of the molecule is Nc1c(-c2ccc(F)c3[nH]ncc23)c2ncc(-c3ccn[nH]3)cc2[nH]c1=O. The van der Waals surface area contributed by atoms with Gasteiger partial charge in [-0.3, -0.25) is 20.0 Å². The van der Waals surface area contributed by atoms with Crippen molar-refractivity contribution in [2.75, 3.05) is 5.73 Å². The van der Waals surface area contributed by atoms with Crippen LogP contribution in [0.5, 0.6) is 0 Å². The molecule has 0 aliphatic rings. The molecule has 0 aliphatic heterocycles. The molecule has 27 heavy (non-hydrogen) atoms. The van der Waals surface area contributed by atoms with Gasteiger partial charge in [-0.1, -0.05) is 6.07 Å². The highest BCUT2D eigenvalue weighted by molar-refractivity contribution is 6.06. The van der Waals surface area contributed by atoms with E-state index in [0.29, 0.717) is 27.5 Å². The number of hydrogen-bond acceptors (Lipinski definition) is 5. The monoisotopic (exact) mass is 361 g/mol. The number of rotatable bonds is 2. The van der Waals surface area contributed by atoms with Crippen LogP contribution >= 0.6 is 0 Å². The molecule has 0 atom stereocenters. The summed E-state index contributed by atoms with van der Waals surface area (Å²) in [5.74, 6) is -0.437. The van der Waals surface area contributed by atoms with Crippen LogP contribution in [0.2, 0.25) is 0 Å². The molecular weight excluding hydrogens is 349 g/mol. The number of H-pyrrole nitrogens is 3. The van der Waals surface area contributed by atoms with Crippen LogP contribution in [-0.2, 0) is 0 Å². The highest BCUT2D eigenvalue weighted by Gasteiger charge is 2.18. The summed E-state index contributed by atoms with van der Waals surface area (Å²) in [4.78, 5) is 19.7. The second-order valence-electron chi connectivity index (χ2n) is 6.09. The van der Waals surface area contributed by atoms with E-state index in [1.807, 2.05) is 0 Å².